The summed E-state index contributed by atoms with van der Waals surface area (Å²) in [5, 5.41) is 4.47. The number of ketones is 1. The molecule has 1 amide bonds. The van der Waals surface area contributed by atoms with Crippen LogP contribution in [0, 0.1) is 0 Å². The summed E-state index contributed by atoms with van der Waals surface area (Å²) in [4.78, 5) is 31.1. The average molecular weight is 545 g/mol. The van der Waals surface area contributed by atoms with Gasteiger partial charge in [-0.25, -0.2) is 0 Å². The summed E-state index contributed by atoms with van der Waals surface area (Å²) in [6.07, 6.45) is -1.58. The molecule has 4 rings (SSSR count). The molecule has 2 unspecified atom stereocenters. The molecule has 0 spiro atoms. The van der Waals surface area contributed by atoms with Crippen LogP contribution in [-0.2, 0) is 5.66 Å². The van der Waals surface area contributed by atoms with E-state index in [0.717, 1.165) is 22.8 Å². The van der Waals surface area contributed by atoms with E-state index in [1.165, 1.54) is 43.8 Å². The van der Waals surface area contributed by atoms with Crippen LogP contribution >= 0.6 is 11.8 Å². The van der Waals surface area contributed by atoms with E-state index in [2.05, 4.69) is 14.8 Å². The number of nitrogens with zero attached hydrogens (tertiary/aromatic N) is 3. The molecule has 2 heterocycles. The first-order valence-corrected chi connectivity index (χ1v) is 12.3. The summed E-state index contributed by atoms with van der Waals surface area (Å²) in [5.74, 6) is -1.30. The Morgan fingerprint density at radius 3 is 2.37 bits per heavy atom. The third-order valence-corrected chi connectivity index (χ3v) is 7.04. The number of ether oxygens (including phenoxy) is 2. The minimum Gasteiger partial charge on any atom is -0.493 e. The standard InChI is InChI=1S/C26H23F3N4O4S/c1-3-21-22(17-9-10-19(20(15-17)36-2)37-26(27,28)29)32-33(24(35)38-21)25(30,18-7-5-4-6-8-18)23(34)16-11-13-31-14-12-16/h4-15,21H,3,30H2,1-2H3. The lowest BCUT2D eigenvalue weighted by Gasteiger charge is -2.40. The Balaban J connectivity index is 1.87. The van der Waals surface area contributed by atoms with E-state index in [1.54, 1.807) is 30.3 Å². The Morgan fingerprint density at radius 1 is 1.08 bits per heavy atom. The molecule has 1 aromatic heterocycles. The van der Waals surface area contributed by atoms with Gasteiger partial charge >= 0.3 is 11.6 Å². The van der Waals surface area contributed by atoms with Gasteiger partial charge in [-0.2, -0.15) is 10.1 Å². The molecule has 38 heavy (non-hydrogen) atoms. The normalized spacial score (nSPS) is 17.4. The minimum absolute atomic E-state index is 0.180. The summed E-state index contributed by atoms with van der Waals surface area (Å²) >= 11 is 0.919. The molecule has 1 aliphatic rings. The maximum Gasteiger partial charge on any atom is 0.573 e. The van der Waals surface area contributed by atoms with Crippen molar-refractivity contribution in [3.05, 3.63) is 89.7 Å². The molecule has 0 radical (unpaired) electrons. The zero-order valence-electron chi connectivity index (χ0n) is 20.3. The molecular weight excluding hydrogens is 521 g/mol. The molecular formula is C26H23F3N4O4S. The van der Waals surface area contributed by atoms with E-state index in [9.17, 15) is 22.8 Å². The number of hydrazone groups is 1. The number of hydrogen-bond donors (Lipinski definition) is 1. The zero-order chi connectivity index (χ0) is 27.5. The Bertz CT molecular complexity index is 1360. The third kappa shape index (κ3) is 5.36. The van der Waals surface area contributed by atoms with Crippen molar-refractivity contribution in [1.29, 1.82) is 0 Å². The lowest BCUT2D eigenvalue weighted by molar-refractivity contribution is -0.275. The van der Waals surface area contributed by atoms with E-state index in [0.29, 0.717) is 23.3 Å². The molecule has 0 saturated heterocycles. The van der Waals surface area contributed by atoms with E-state index in [4.69, 9.17) is 10.5 Å². The number of carbonyl (C=O) groups is 2. The molecule has 198 valence electrons. The van der Waals surface area contributed by atoms with Gasteiger partial charge in [-0.15, -0.1) is 13.2 Å². The number of benzene rings is 2. The predicted molar refractivity (Wildman–Crippen MR) is 136 cm³/mol. The molecule has 0 bridgehead atoms. The average Bonchev–Trinajstić information content (AvgIpc) is 2.92. The predicted octanol–water partition coefficient (Wildman–Crippen LogP) is 5.33. The van der Waals surface area contributed by atoms with Crippen molar-refractivity contribution in [2.45, 2.75) is 30.6 Å². The number of alkyl halides is 3. The van der Waals surface area contributed by atoms with Gasteiger partial charge in [0.05, 0.1) is 18.1 Å². The number of pyridine rings is 1. The van der Waals surface area contributed by atoms with Crippen molar-refractivity contribution in [3.63, 3.8) is 0 Å². The Hall–Kier alpha value is -3.90. The first-order chi connectivity index (χ1) is 18.1. The second-order valence-electron chi connectivity index (χ2n) is 8.19. The van der Waals surface area contributed by atoms with Crippen LogP contribution < -0.4 is 15.2 Å². The number of carbonyl (C=O) groups excluding carboxylic acids is 2. The fraction of sp³-hybridized carbons (Fsp3) is 0.231. The summed E-state index contributed by atoms with van der Waals surface area (Å²) < 4.78 is 47.7. The minimum atomic E-state index is -4.91. The number of nitrogens with two attached hydrogens (primary N) is 1. The van der Waals surface area contributed by atoms with E-state index < -0.39 is 34.0 Å². The Labute approximate surface area is 220 Å². The van der Waals surface area contributed by atoms with Crippen LogP contribution in [0.15, 0.2) is 78.2 Å². The summed E-state index contributed by atoms with van der Waals surface area (Å²) in [6, 6.07) is 15.1. The first-order valence-electron chi connectivity index (χ1n) is 11.4. The van der Waals surface area contributed by atoms with Gasteiger partial charge in [0.2, 0.25) is 11.4 Å². The fourth-order valence-electron chi connectivity index (χ4n) is 3.98. The van der Waals surface area contributed by atoms with Crippen LogP contribution in [0.1, 0.15) is 34.8 Å². The van der Waals surface area contributed by atoms with Crippen molar-refractivity contribution in [2.75, 3.05) is 7.11 Å². The van der Waals surface area contributed by atoms with Crippen molar-refractivity contribution < 1.29 is 32.2 Å². The van der Waals surface area contributed by atoms with Crippen LogP contribution in [-0.4, -0.2) is 45.4 Å². The maximum absolute atomic E-state index is 13.8. The number of halogens is 3. The van der Waals surface area contributed by atoms with Crippen LogP contribution in [0.5, 0.6) is 11.5 Å². The summed E-state index contributed by atoms with van der Waals surface area (Å²) in [7, 11) is 1.21. The number of Topliss-reactive ketones (excluding diaryl/α,β-unsaturated/α-hetero) is 1. The highest BCUT2D eigenvalue weighted by atomic mass is 32.2. The summed E-state index contributed by atoms with van der Waals surface area (Å²) in [5.41, 5.74) is 6.00. The van der Waals surface area contributed by atoms with E-state index in [1.807, 2.05) is 6.92 Å². The highest BCUT2D eigenvalue weighted by Gasteiger charge is 2.48. The largest absolute Gasteiger partial charge is 0.573 e. The molecule has 12 heteroatoms. The molecule has 1 aliphatic heterocycles. The molecule has 8 nitrogen and oxygen atoms in total. The highest BCUT2D eigenvalue weighted by molar-refractivity contribution is 8.14. The lowest BCUT2D eigenvalue weighted by Crippen LogP contribution is -2.59. The topological polar surface area (TPSA) is 107 Å². The lowest BCUT2D eigenvalue weighted by atomic mass is 9.91. The number of aromatic nitrogens is 1. The molecule has 0 saturated carbocycles. The van der Waals surface area contributed by atoms with Gasteiger partial charge < -0.3 is 9.47 Å². The number of hydrogen-bond acceptors (Lipinski definition) is 8. The quantitative estimate of drug-likeness (QED) is 0.382. The van der Waals surface area contributed by atoms with Crippen molar-refractivity contribution in [2.24, 2.45) is 10.8 Å². The van der Waals surface area contributed by atoms with E-state index in [-0.39, 0.29) is 11.3 Å². The van der Waals surface area contributed by atoms with Crippen LogP contribution in [0.2, 0.25) is 0 Å². The Kier molecular flexibility index (Phi) is 7.74. The van der Waals surface area contributed by atoms with Gasteiger partial charge in [0.15, 0.2) is 11.5 Å². The Morgan fingerprint density at radius 2 is 1.76 bits per heavy atom. The summed E-state index contributed by atoms with van der Waals surface area (Å²) in [6.45, 7) is 1.84. The van der Waals surface area contributed by atoms with Crippen LogP contribution in [0.4, 0.5) is 18.0 Å². The molecule has 2 N–H and O–H groups in total. The molecule has 3 aromatic rings. The number of rotatable bonds is 8. The van der Waals surface area contributed by atoms with Crippen LogP contribution in [0.25, 0.3) is 0 Å². The molecule has 2 aromatic carbocycles. The smallest absolute Gasteiger partial charge is 0.493 e. The van der Waals surface area contributed by atoms with Gasteiger partial charge in [0.1, 0.15) is 0 Å². The van der Waals surface area contributed by atoms with Gasteiger partial charge in [0.25, 0.3) is 0 Å². The van der Waals surface area contributed by atoms with Crippen molar-refractivity contribution in [1.82, 2.24) is 9.99 Å². The third-order valence-electron chi connectivity index (χ3n) is 5.82. The second-order valence-corrected chi connectivity index (χ2v) is 9.34. The first kappa shape index (κ1) is 27.1. The molecule has 0 fully saturated rings. The number of thioether (sulfide) groups is 1. The van der Waals surface area contributed by atoms with Crippen molar-refractivity contribution in [3.8, 4) is 11.5 Å². The fourth-order valence-corrected chi connectivity index (χ4v) is 4.97. The monoisotopic (exact) mass is 544 g/mol. The number of methoxy groups -OCH3 is 1. The maximum atomic E-state index is 13.8. The molecule has 0 aliphatic carbocycles. The van der Waals surface area contributed by atoms with E-state index >= 15 is 0 Å². The van der Waals surface area contributed by atoms with Gasteiger partial charge in [0, 0.05) is 29.1 Å². The second kappa shape index (κ2) is 10.8. The highest BCUT2D eigenvalue weighted by Crippen LogP contribution is 2.39. The van der Waals surface area contributed by atoms with Crippen molar-refractivity contribution >= 4 is 28.5 Å². The van der Waals surface area contributed by atoms with Gasteiger partial charge in [-0.05, 0) is 36.8 Å². The SMILES string of the molecule is CCC1SC(=O)N(C(N)(C(=O)c2ccncc2)c2ccccc2)N=C1c1ccc(OC(F)(F)F)c(OC)c1. The zero-order valence-corrected chi connectivity index (χ0v) is 21.1. The molecule has 2 atom stereocenters. The number of amides is 1. The van der Waals surface area contributed by atoms with Gasteiger partial charge in [-0.1, -0.05) is 49.0 Å². The van der Waals surface area contributed by atoms with Gasteiger partial charge in [-0.3, -0.25) is 20.3 Å². The van der Waals surface area contributed by atoms with Crippen LogP contribution in [0.3, 0.4) is 0 Å².